The van der Waals surface area contributed by atoms with Gasteiger partial charge in [0.25, 0.3) is 0 Å². The van der Waals surface area contributed by atoms with E-state index in [9.17, 15) is 0 Å². The van der Waals surface area contributed by atoms with Gasteiger partial charge in [0.15, 0.2) is 8.11 Å². The van der Waals surface area contributed by atoms with Crippen LogP contribution in [0.2, 0.25) is 10.1 Å². The third kappa shape index (κ3) is 1.88. The molecule has 22 heavy (non-hydrogen) atoms. The molecule has 0 nitrogen and oxygen atoms in total. The standard InChI is InChI=1S/C20H30ClSi/c1-11-12(2)16(6)19(9,15(11)5)22(21)20(10)17(7)13(3)14(4)18(20)8/h1-10H3. The first-order chi connectivity index (χ1) is 9.93. The first kappa shape index (κ1) is 17.8. The van der Waals surface area contributed by atoms with Crippen LogP contribution in [0, 0.1) is 0 Å². The Labute approximate surface area is 143 Å². The zero-order valence-corrected chi connectivity index (χ0v) is 17.6. The predicted molar refractivity (Wildman–Crippen MR) is 102 cm³/mol. The molecule has 0 heterocycles. The van der Waals surface area contributed by atoms with Crippen LogP contribution in [-0.4, -0.2) is 8.11 Å². The lowest BCUT2D eigenvalue weighted by Gasteiger charge is -2.43. The molecule has 0 saturated heterocycles. The van der Waals surface area contributed by atoms with Crippen molar-refractivity contribution in [2.45, 2.75) is 79.3 Å². The molecule has 0 N–H and O–H groups in total. The minimum Gasteiger partial charge on any atom is -0.166 e. The molecule has 0 aromatic heterocycles. The Balaban J connectivity index is 2.66. The van der Waals surface area contributed by atoms with Gasteiger partial charge in [-0.15, -0.1) is 0 Å². The molecule has 0 atom stereocenters. The van der Waals surface area contributed by atoms with Crippen LogP contribution >= 0.6 is 11.1 Å². The molecular weight excluding hydrogens is 304 g/mol. The van der Waals surface area contributed by atoms with E-state index in [0.29, 0.717) is 0 Å². The van der Waals surface area contributed by atoms with Gasteiger partial charge in [-0.05, 0) is 77.7 Å². The molecule has 0 unspecified atom stereocenters. The quantitative estimate of drug-likeness (QED) is 0.373. The fourth-order valence-corrected chi connectivity index (χ4v) is 9.11. The Bertz CT molecular complexity index is 564. The molecule has 2 aliphatic rings. The SMILES string of the molecule is CC1=C(C)C(C)([Si](Cl)C2(C)C(C)=C(C)C(C)=C2C)C(C)=C1C. The van der Waals surface area contributed by atoms with E-state index < -0.39 is 8.11 Å². The lowest BCUT2D eigenvalue weighted by Crippen LogP contribution is -2.38. The topological polar surface area (TPSA) is 0 Å². The van der Waals surface area contributed by atoms with Crippen molar-refractivity contribution in [3.8, 4) is 0 Å². The van der Waals surface area contributed by atoms with Crippen LogP contribution in [0.15, 0.2) is 44.6 Å². The van der Waals surface area contributed by atoms with Gasteiger partial charge in [-0.1, -0.05) is 36.1 Å². The third-order valence-electron chi connectivity index (χ3n) is 7.25. The van der Waals surface area contributed by atoms with Crippen LogP contribution in [0.5, 0.6) is 0 Å². The maximum absolute atomic E-state index is 7.38. The number of hydrogen-bond donors (Lipinski definition) is 0. The molecule has 0 fully saturated rings. The van der Waals surface area contributed by atoms with Crippen LogP contribution in [0.1, 0.15) is 69.2 Å². The van der Waals surface area contributed by atoms with Crippen LogP contribution in [-0.2, 0) is 0 Å². The van der Waals surface area contributed by atoms with Gasteiger partial charge >= 0.3 is 0 Å². The first-order valence-electron chi connectivity index (χ1n) is 8.19. The van der Waals surface area contributed by atoms with Crippen LogP contribution in [0.3, 0.4) is 0 Å². The minimum absolute atomic E-state index is 0.0303. The average molecular weight is 334 g/mol. The van der Waals surface area contributed by atoms with Crippen molar-refractivity contribution >= 4 is 19.2 Å². The van der Waals surface area contributed by atoms with E-state index in [0.717, 1.165) is 0 Å². The van der Waals surface area contributed by atoms with Crippen molar-refractivity contribution in [2.75, 3.05) is 0 Å². The predicted octanol–water partition coefficient (Wildman–Crippen LogP) is 7.11. The molecule has 1 radical (unpaired) electrons. The number of allylic oxidation sites excluding steroid dienone is 8. The smallest absolute Gasteiger partial charge is 0.166 e. The van der Waals surface area contributed by atoms with Crippen molar-refractivity contribution < 1.29 is 0 Å². The lowest BCUT2D eigenvalue weighted by molar-refractivity contribution is 0.739. The molecule has 2 rings (SSSR count). The van der Waals surface area contributed by atoms with Crippen LogP contribution < -0.4 is 0 Å². The second kappa shape index (κ2) is 5.24. The van der Waals surface area contributed by atoms with E-state index in [1.165, 1.54) is 44.6 Å². The van der Waals surface area contributed by atoms with Gasteiger partial charge in [-0.2, -0.15) is 11.1 Å². The fraction of sp³-hybridized carbons (Fsp3) is 0.600. The monoisotopic (exact) mass is 333 g/mol. The third-order valence-corrected chi connectivity index (χ3v) is 12.8. The van der Waals surface area contributed by atoms with Crippen LogP contribution in [0.25, 0.3) is 0 Å². The molecule has 0 saturated carbocycles. The molecular formula is C20H30ClSi. The van der Waals surface area contributed by atoms with E-state index in [2.05, 4.69) is 69.2 Å². The van der Waals surface area contributed by atoms with Gasteiger partial charge in [-0.25, -0.2) is 0 Å². The zero-order chi connectivity index (χ0) is 17.2. The molecule has 0 aromatic rings. The van der Waals surface area contributed by atoms with E-state index in [-0.39, 0.29) is 10.1 Å². The van der Waals surface area contributed by atoms with Gasteiger partial charge in [0, 0.05) is 10.1 Å². The Hall–Kier alpha value is -0.533. The van der Waals surface area contributed by atoms with E-state index >= 15 is 0 Å². The number of hydrogen-bond acceptors (Lipinski definition) is 0. The highest BCUT2D eigenvalue weighted by Gasteiger charge is 2.55. The second-order valence-electron chi connectivity index (χ2n) is 7.56. The van der Waals surface area contributed by atoms with Crippen molar-refractivity contribution in [1.29, 1.82) is 0 Å². The minimum atomic E-state index is -1.23. The van der Waals surface area contributed by atoms with Gasteiger partial charge in [0.1, 0.15) is 0 Å². The molecule has 0 spiro atoms. The van der Waals surface area contributed by atoms with E-state index in [1.807, 2.05) is 0 Å². The molecule has 121 valence electrons. The van der Waals surface area contributed by atoms with Crippen molar-refractivity contribution in [2.24, 2.45) is 0 Å². The summed E-state index contributed by atoms with van der Waals surface area (Å²) in [5.74, 6) is 0. The second-order valence-corrected chi connectivity index (χ2v) is 11.3. The Morgan fingerprint density at radius 1 is 0.545 bits per heavy atom. The van der Waals surface area contributed by atoms with E-state index in [4.69, 9.17) is 11.1 Å². The molecule has 0 aromatic carbocycles. The van der Waals surface area contributed by atoms with E-state index in [1.54, 1.807) is 0 Å². The van der Waals surface area contributed by atoms with Gasteiger partial charge in [-0.3, -0.25) is 0 Å². The Morgan fingerprint density at radius 2 is 0.727 bits per heavy atom. The summed E-state index contributed by atoms with van der Waals surface area (Å²) < 4.78 is 0. The first-order valence-corrected chi connectivity index (χ1v) is 10.7. The highest BCUT2D eigenvalue weighted by molar-refractivity contribution is 7.11. The lowest BCUT2D eigenvalue weighted by atomic mass is 9.96. The molecule has 0 aliphatic heterocycles. The molecule has 2 heteroatoms. The summed E-state index contributed by atoms with van der Waals surface area (Å²) in [5, 5.41) is 0.0606. The van der Waals surface area contributed by atoms with Crippen molar-refractivity contribution in [3.63, 3.8) is 0 Å². The zero-order valence-electron chi connectivity index (χ0n) is 15.9. The maximum atomic E-state index is 7.38. The number of rotatable bonds is 2. The summed E-state index contributed by atoms with van der Waals surface area (Å²) >= 11 is 7.38. The fourth-order valence-electron chi connectivity index (χ4n) is 4.35. The number of halogens is 1. The summed E-state index contributed by atoms with van der Waals surface area (Å²) in [7, 11) is -1.23. The van der Waals surface area contributed by atoms with Crippen molar-refractivity contribution in [1.82, 2.24) is 0 Å². The molecule has 0 amide bonds. The maximum Gasteiger partial charge on any atom is 0.194 e. The molecule has 2 aliphatic carbocycles. The Morgan fingerprint density at radius 3 is 0.909 bits per heavy atom. The van der Waals surface area contributed by atoms with Gasteiger partial charge in [0.2, 0.25) is 0 Å². The van der Waals surface area contributed by atoms with Crippen molar-refractivity contribution in [3.05, 3.63) is 44.6 Å². The molecule has 0 bridgehead atoms. The summed E-state index contributed by atoms with van der Waals surface area (Å²) in [6, 6.07) is 0. The largest absolute Gasteiger partial charge is 0.194 e. The summed E-state index contributed by atoms with van der Waals surface area (Å²) in [4.78, 5) is 0. The normalized spacial score (nSPS) is 24.5. The summed E-state index contributed by atoms with van der Waals surface area (Å²) in [6.45, 7) is 22.9. The van der Waals surface area contributed by atoms with Gasteiger partial charge < -0.3 is 0 Å². The Kier molecular flexibility index (Phi) is 4.24. The highest BCUT2D eigenvalue weighted by Crippen LogP contribution is 2.65. The highest BCUT2D eigenvalue weighted by atomic mass is 35.6. The summed E-state index contributed by atoms with van der Waals surface area (Å²) in [5.41, 5.74) is 11.7. The summed E-state index contributed by atoms with van der Waals surface area (Å²) in [6.07, 6.45) is 0. The average Bonchev–Trinajstić information content (AvgIpc) is 2.75. The van der Waals surface area contributed by atoms with Gasteiger partial charge in [0.05, 0.1) is 0 Å². The van der Waals surface area contributed by atoms with Crippen LogP contribution in [0.4, 0.5) is 0 Å².